The molecule has 3 aromatic carbocycles. The van der Waals surface area contributed by atoms with E-state index in [4.69, 9.17) is 39.5 Å². The fraction of sp³-hybridized carbons (Fsp3) is 0.525. The molecular weight excluding hydrogens is 1590 g/mol. The number of unbranched alkanes of at least 4 members (excludes halogenated alkanes) is 1. The number of primary amides is 4. The average Bonchev–Trinajstić information content (AvgIpc) is 0.859. The highest BCUT2D eigenvalue weighted by Crippen LogP contribution is 2.16. The van der Waals surface area contributed by atoms with E-state index in [1.807, 2.05) is 0 Å². The maximum Gasteiger partial charge on any atom is 0.326 e. The molecule has 0 saturated heterocycles. The largest absolute Gasteiger partial charge is 0.481 e. The van der Waals surface area contributed by atoms with E-state index in [0.29, 0.717) is 23.1 Å². The van der Waals surface area contributed by atoms with E-state index in [-0.39, 0.29) is 63.3 Å². The van der Waals surface area contributed by atoms with Gasteiger partial charge in [-0.3, -0.25) is 91.1 Å². The molecule has 0 heterocycles. The standard InChI is InChI=1S/C80H117N19O23/c1-42(2)36-56(95-67(108)45(6)88-75(116)60(41-66(106)107)97-69(110)49(82)38-46-18-10-7-11-19-46)76(117)89-50(24-16-17-35-81)71(112)90-52(26-31-62(84)101)72(113)91-53(27-32-63(85)102)74(115)99-59(40-48-22-14-9-15-23-48)79(120)92-51(25-30-61(83)100)70(111)87-44(5)68(109)96-58(39-47-20-12-8-13-21-47)78(119)93-54(28-33-64(86)103)73(114)98-57(37-43(3)4)77(118)94-55(80(121)122)29-34-65(104)105/h7-15,18-23,42-45,49-60H,16-17,24-41,81-82H2,1-6H3,(H2,83,100)(H2,84,101)(H2,85,102)(H2,86,103)(H,87,111)(H,88,116)(H,89,117)(H,90,112)(H,91,113)(H,92,120)(H,93,119)(H,94,118)(H,95,108)(H,96,109)(H,97,110)(H,98,114)(H,99,115)(H,104,105)(H,106,107)(H,121,122)/t44-,45-,49-,50-,51-,52-,53-,54-,55-,56-,57-,58-,59-,60-/m0/s1. The molecule has 0 aliphatic rings. The number of carboxylic acids is 3. The van der Waals surface area contributed by atoms with Crippen molar-refractivity contribution in [2.75, 3.05) is 6.54 Å². The second-order valence-electron chi connectivity index (χ2n) is 30.2. The van der Waals surface area contributed by atoms with Gasteiger partial charge >= 0.3 is 17.9 Å². The molecule has 0 fully saturated rings. The van der Waals surface area contributed by atoms with E-state index in [2.05, 4.69) is 69.1 Å². The fourth-order valence-corrected chi connectivity index (χ4v) is 12.2. The predicted octanol–water partition coefficient (Wildman–Crippen LogP) is -4.91. The zero-order valence-electron chi connectivity index (χ0n) is 69.0. The summed E-state index contributed by atoms with van der Waals surface area (Å²) in [5.74, 6) is -22.7. The molecule has 122 heavy (non-hydrogen) atoms. The molecule has 0 unspecified atom stereocenters. The summed E-state index contributed by atoms with van der Waals surface area (Å²) in [5, 5.41) is 60.3. The molecular formula is C80H117N19O23. The van der Waals surface area contributed by atoms with Crippen LogP contribution in [0.25, 0.3) is 0 Å². The first-order chi connectivity index (χ1) is 57.5. The van der Waals surface area contributed by atoms with Crippen LogP contribution in [0.3, 0.4) is 0 Å². The summed E-state index contributed by atoms with van der Waals surface area (Å²) in [6.07, 6.45) is -7.04. The van der Waals surface area contributed by atoms with Crippen LogP contribution in [0.4, 0.5) is 0 Å². The first-order valence-corrected chi connectivity index (χ1v) is 39.8. The third-order valence-electron chi connectivity index (χ3n) is 18.8. The Kier molecular flexibility index (Phi) is 45.2. The third-order valence-corrected chi connectivity index (χ3v) is 18.8. The van der Waals surface area contributed by atoms with Gasteiger partial charge in [0.2, 0.25) is 100 Å². The summed E-state index contributed by atoms with van der Waals surface area (Å²) in [5.41, 5.74) is 35.4. The highest BCUT2D eigenvalue weighted by molar-refractivity contribution is 6.01. The van der Waals surface area contributed by atoms with Gasteiger partial charge in [0.1, 0.15) is 78.5 Å². The van der Waals surface area contributed by atoms with Crippen molar-refractivity contribution < 1.29 is 111 Å². The van der Waals surface area contributed by atoms with Crippen LogP contribution in [0.1, 0.15) is 161 Å². The SMILES string of the molecule is CC(C)C[C@H](NC(=O)[C@H](C)NC(=O)[C@H](CC(=O)O)NC(=O)[C@@H](N)Cc1ccccc1)C(=O)N[C@@H](CCCCN)C(=O)N[C@@H](CCC(N)=O)C(=O)N[C@@H](CCC(N)=O)C(=O)N[C@@H](Cc1ccccc1)C(=O)N[C@@H](CCC(N)=O)C(=O)N[C@@H](C)C(=O)N[C@@H](Cc1ccccc1)C(=O)N[C@@H](CCC(N)=O)C(=O)N[C@@H](CC(C)C)C(=O)N[C@@H](CCC(=O)O)C(=O)O. The molecule has 42 heteroatoms. The Balaban J connectivity index is 1.97. The Bertz CT molecular complexity index is 4100. The molecule has 14 atom stereocenters. The molecule has 0 bridgehead atoms. The fourth-order valence-electron chi connectivity index (χ4n) is 12.2. The second-order valence-corrected chi connectivity index (χ2v) is 30.2. The quantitative estimate of drug-likeness (QED) is 0.0236. The van der Waals surface area contributed by atoms with Crippen LogP contribution in [0.2, 0.25) is 0 Å². The Hall–Kier alpha value is -13.0. The van der Waals surface area contributed by atoms with Crippen molar-refractivity contribution in [2.24, 2.45) is 46.2 Å². The van der Waals surface area contributed by atoms with Gasteiger partial charge < -0.3 is 119 Å². The zero-order valence-corrected chi connectivity index (χ0v) is 69.0. The van der Waals surface area contributed by atoms with Crippen molar-refractivity contribution in [1.82, 2.24) is 69.1 Å². The predicted molar refractivity (Wildman–Crippen MR) is 437 cm³/mol. The first-order valence-electron chi connectivity index (χ1n) is 39.8. The summed E-state index contributed by atoms with van der Waals surface area (Å²) in [6, 6.07) is 1.95. The first kappa shape index (κ1) is 103. The molecule has 0 aromatic heterocycles. The van der Waals surface area contributed by atoms with Gasteiger partial charge in [-0.15, -0.1) is 0 Å². The van der Waals surface area contributed by atoms with Crippen molar-refractivity contribution >= 4 is 118 Å². The number of rotatable bonds is 58. The number of nitrogens with one attached hydrogen (secondary N) is 13. The number of carboxylic acid groups (broad SMARTS) is 3. The molecule has 0 aliphatic heterocycles. The van der Waals surface area contributed by atoms with Gasteiger partial charge in [-0.2, -0.15) is 0 Å². The van der Waals surface area contributed by atoms with Gasteiger partial charge in [-0.25, -0.2) is 4.79 Å². The topological polar surface area (TPSA) is 715 Å². The van der Waals surface area contributed by atoms with Crippen molar-refractivity contribution in [3.63, 3.8) is 0 Å². The molecule has 670 valence electrons. The number of hydrogen-bond donors (Lipinski definition) is 22. The molecule has 0 aliphatic carbocycles. The maximum absolute atomic E-state index is 14.8. The zero-order chi connectivity index (χ0) is 91.5. The molecule has 0 spiro atoms. The third kappa shape index (κ3) is 40.2. The molecule has 3 rings (SSSR count). The van der Waals surface area contributed by atoms with Crippen molar-refractivity contribution in [3.05, 3.63) is 108 Å². The molecule has 3 aromatic rings. The Morgan fingerprint density at radius 1 is 0.287 bits per heavy atom. The molecule has 0 radical (unpaired) electrons. The normalized spacial score (nSPS) is 14.5. The van der Waals surface area contributed by atoms with Gasteiger partial charge in [0.05, 0.1) is 12.5 Å². The lowest BCUT2D eigenvalue weighted by Gasteiger charge is -2.28. The lowest BCUT2D eigenvalue weighted by Crippen LogP contribution is -2.61. The van der Waals surface area contributed by atoms with E-state index in [1.54, 1.807) is 119 Å². The number of aliphatic carboxylic acids is 3. The van der Waals surface area contributed by atoms with Gasteiger partial charge in [-0.05, 0) is 120 Å². The van der Waals surface area contributed by atoms with E-state index in [1.165, 1.54) is 13.8 Å². The summed E-state index contributed by atoms with van der Waals surface area (Å²) < 4.78 is 0. The summed E-state index contributed by atoms with van der Waals surface area (Å²) in [7, 11) is 0. The van der Waals surface area contributed by atoms with Crippen LogP contribution in [-0.4, -0.2) is 225 Å². The smallest absolute Gasteiger partial charge is 0.326 e. The van der Waals surface area contributed by atoms with Crippen LogP contribution in [0.5, 0.6) is 0 Å². The minimum Gasteiger partial charge on any atom is -0.481 e. The van der Waals surface area contributed by atoms with E-state index in [9.17, 15) is 106 Å². The Labute approximate surface area is 704 Å². The highest BCUT2D eigenvalue weighted by Gasteiger charge is 2.39. The lowest BCUT2D eigenvalue weighted by atomic mass is 10.0. The minimum atomic E-state index is -1.83. The summed E-state index contributed by atoms with van der Waals surface area (Å²) in [4.78, 5) is 269. The highest BCUT2D eigenvalue weighted by atomic mass is 16.4. The number of benzene rings is 3. The van der Waals surface area contributed by atoms with Gasteiger partial charge in [0.25, 0.3) is 0 Å². The Morgan fingerprint density at radius 2 is 0.549 bits per heavy atom. The average molecular weight is 1710 g/mol. The van der Waals surface area contributed by atoms with E-state index in [0.717, 1.165) is 0 Å². The number of nitrogens with two attached hydrogens (primary N) is 6. The number of carbonyl (C=O) groups excluding carboxylic acids is 17. The second kappa shape index (κ2) is 53.5. The van der Waals surface area contributed by atoms with Gasteiger partial charge in [-0.1, -0.05) is 119 Å². The molecule has 0 saturated carbocycles. The van der Waals surface area contributed by atoms with E-state index < -0.39 is 274 Å². The van der Waals surface area contributed by atoms with Crippen LogP contribution < -0.4 is 104 Å². The summed E-state index contributed by atoms with van der Waals surface area (Å²) in [6.45, 7) is 9.24. The number of carbonyl (C=O) groups is 20. The Morgan fingerprint density at radius 3 is 0.869 bits per heavy atom. The number of amides is 17. The maximum atomic E-state index is 14.8. The molecule has 28 N–H and O–H groups in total. The van der Waals surface area contributed by atoms with Crippen molar-refractivity contribution in [2.45, 2.75) is 248 Å². The molecule has 17 amide bonds. The van der Waals surface area contributed by atoms with Crippen LogP contribution >= 0.6 is 0 Å². The van der Waals surface area contributed by atoms with Crippen molar-refractivity contribution in [3.8, 4) is 0 Å². The summed E-state index contributed by atoms with van der Waals surface area (Å²) >= 11 is 0. The van der Waals surface area contributed by atoms with Gasteiger partial charge in [0, 0.05) is 44.9 Å². The van der Waals surface area contributed by atoms with Crippen LogP contribution in [0.15, 0.2) is 91.0 Å². The lowest BCUT2D eigenvalue weighted by molar-refractivity contribution is -0.144. The van der Waals surface area contributed by atoms with Crippen molar-refractivity contribution in [1.29, 1.82) is 0 Å². The monoisotopic (exact) mass is 1710 g/mol. The van der Waals surface area contributed by atoms with Crippen LogP contribution in [-0.2, 0) is 115 Å². The minimum absolute atomic E-state index is 0.0327. The van der Waals surface area contributed by atoms with Crippen LogP contribution in [0, 0.1) is 11.8 Å². The molecule has 42 nitrogen and oxygen atoms in total. The van der Waals surface area contributed by atoms with Gasteiger partial charge in [0.15, 0.2) is 0 Å². The number of hydrogen-bond acceptors (Lipinski definition) is 22. The van der Waals surface area contributed by atoms with E-state index >= 15 is 0 Å².